The summed E-state index contributed by atoms with van der Waals surface area (Å²) in [5.41, 5.74) is 6.41. The lowest BCUT2D eigenvalue weighted by molar-refractivity contribution is -0.147. The Labute approximate surface area is 292 Å². The zero-order valence-corrected chi connectivity index (χ0v) is 31.6. The summed E-state index contributed by atoms with van der Waals surface area (Å²) in [4.78, 5) is 60.1. The number of hydrogen-bond acceptors (Lipinski definition) is 9. The smallest absolute Gasteiger partial charge is 0.244 e. The summed E-state index contributed by atoms with van der Waals surface area (Å²) in [5, 5.41) is 2.90. The van der Waals surface area contributed by atoms with Crippen molar-refractivity contribution in [3.63, 3.8) is 0 Å². The predicted molar refractivity (Wildman–Crippen MR) is 191 cm³/mol. The Morgan fingerprint density at radius 1 is 1.00 bits per heavy atom. The van der Waals surface area contributed by atoms with E-state index in [2.05, 4.69) is 10.0 Å². The van der Waals surface area contributed by atoms with Crippen molar-refractivity contribution >= 4 is 41.3 Å². The van der Waals surface area contributed by atoms with Crippen molar-refractivity contribution in [2.24, 2.45) is 17.8 Å². The van der Waals surface area contributed by atoms with Gasteiger partial charge in [0, 0.05) is 38.4 Å². The van der Waals surface area contributed by atoms with Crippen LogP contribution >= 0.6 is 11.9 Å². The van der Waals surface area contributed by atoms with E-state index < -0.39 is 30.2 Å². The Morgan fingerprint density at radius 2 is 1.62 bits per heavy atom. The highest BCUT2D eigenvalue weighted by Crippen LogP contribution is 2.30. The molecule has 0 aliphatic carbocycles. The van der Waals surface area contributed by atoms with E-state index in [4.69, 9.17) is 15.2 Å². The summed E-state index contributed by atoms with van der Waals surface area (Å²) in [6, 6.07) is 5.38. The fraction of sp³-hybridized carbons (Fsp3) is 0.714. The highest BCUT2D eigenvalue weighted by atomic mass is 32.2. The fourth-order valence-electron chi connectivity index (χ4n) is 6.84. The number of amides is 4. The number of nitrogen functional groups attached to an aromatic ring is 1. The van der Waals surface area contributed by atoms with E-state index in [0.29, 0.717) is 18.7 Å². The first-order chi connectivity index (χ1) is 22.6. The van der Waals surface area contributed by atoms with Crippen LogP contribution < -0.4 is 15.8 Å². The van der Waals surface area contributed by atoms with Crippen LogP contribution in [-0.2, 0) is 28.7 Å². The van der Waals surface area contributed by atoms with Gasteiger partial charge in [-0.1, -0.05) is 41.0 Å². The van der Waals surface area contributed by atoms with Crippen LogP contribution in [0.5, 0.6) is 0 Å². The summed E-state index contributed by atoms with van der Waals surface area (Å²) in [5.74, 6) is -1.22. The number of ether oxygens (including phenoxy) is 2. The molecule has 8 unspecified atom stereocenters. The molecule has 48 heavy (non-hydrogen) atoms. The summed E-state index contributed by atoms with van der Waals surface area (Å²) in [6.07, 6.45) is 1.21. The number of nitrogens with one attached hydrogen (secondary N) is 2. The first-order valence-electron chi connectivity index (χ1n) is 17.0. The number of rotatable bonds is 18. The zero-order chi connectivity index (χ0) is 36.3. The number of nitrogens with two attached hydrogens (primary N) is 1. The topological polar surface area (TPSA) is 147 Å². The Bertz CT molecular complexity index is 1190. The Kier molecular flexibility index (Phi) is 16.7. The van der Waals surface area contributed by atoms with Crippen LogP contribution in [0, 0.1) is 17.8 Å². The van der Waals surface area contributed by atoms with E-state index in [0.717, 1.165) is 17.7 Å². The van der Waals surface area contributed by atoms with Gasteiger partial charge in [-0.25, -0.2) is 0 Å². The minimum atomic E-state index is -0.764. The second kappa shape index (κ2) is 19.4. The summed E-state index contributed by atoms with van der Waals surface area (Å²) in [7, 11) is 8.54. The van der Waals surface area contributed by atoms with Crippen LogP contribution in [0.15, 0.2) is 29.2 Å². The second-order valence-electron chi connectivity index (χ2n) is 13.6. The van der Waals surface area contributed by atoms with Crippen molar-refractivity contribution < 1.29 is 28.7 Å². The number of likely N-dealkylation sites (N-methyl/N-ethyl adjacent to an activating group) is 2. The third-order valence-electron chi connectivity index (χ3n) is 9.59. The molecule has 0 saturated carbocycles. The van der Waals surface area contributed by atoms with Crippen LogP contribution in [0.1, 0.15) is 67.2 Å². The molecule has 2 rings (SSSR count). The number of nitrogens with zero attached hydrogens (tertiary/aromatic N) is 3. The molecule has 1 heterocycles. The molecule has 272 valence electrons. The van der Waals surface area contributed by atoms with Gasteiger partial charge in [-0.3, -0.25) is 28.8 Å². The molecule has 12 nitrogen and oxygen atoms in total. The maximum atomic E-state index is 14.0. The molecule has 1 aromatic rings. The van der Waals surface area contributed by atoms with E-state index >= 15 is 0 Å². The molecular formula is C35H60N6O6S. The number of carbonyl (C=O) groups excluding carboxylic acids is 4. The normalized spacial score (nSPS) is 19.3. The number of likely N-dealkylation sites (tertiary alicyclic amines) is 1. The van der Waals surface area contributed by atoms with Gasteiger partial charge in [0.25, 0.3) is 0 Å². The van der Waals surface area contributed by atoms with Gasteiger partial charge in [0.2, 0.25) is 23.6 Å². The first kappa shape index (κ1) is 41.3. The molecule has 1 aliphatic rings. The Balaban J connectivity index is 2.17. The van der Waals surface area contributed by atoms with Gasteiger partial charge < -0.3 is 30.3 Å². The van der Waals surface area contributed by atoms with Crippen molar-refractivity contribution in [2.45, 2.75) is 108 Å². The summed E-state index contributed by atoms with van der Waals surface area (Å²) < 4.78 is 14.7. The largest absolute Gasteiger partial charge is 0.399 e. The summed E-state index contributed by atoms with van der Waals surface area (Å²) >= 11 is 1.21. The van der Waals surface area contributed by atoms with Crippen molar-refractivity contribution in [1.82, 2.24) is 24.7 Å². The van der Waals surface area contributed by atoms with Gasteiger partial charge >= 0.3 is 0 Å². The predicted octanol–water partition coefficient (Wildman–Crippen LogP) is 3.40. The van der Waals surface area contributed by atoms with E-state index in [1.807, 2.05) is 70.6 Å². The minimum absolute atomic E-state index is 0.00756. The van der Waals surface area contributed by atoms with Crippen molar-refractivity contribution in [3.8, 4) is 0 Å². The average Bonchev–Trinajstić information content (AvgIpc) is 3.52. The van der Waals surface area contributed by atoms with Crippen molar-refractivity contribution in [3.05, 3.63) is 24.3 Å². The first-order valence-corrected chi connectivity index (χ1v) is 17.8. The fourth-order valence-corrected chi connectivity index (χ4v) is 7.52. The molecule has 0 aromatic heterocycles. The van der Waals surface area contributed by atoms with Crippen LogP contribution in [0.2, 0.25) is 0 Å². The quantitative estimate of drug-likeness (QED) is 0.156. The van der Waals surface area contributed by atoms with Gasteiger partial charge in [-0.05, 0) is 81.9 Å². The molecular weight excluding hydrogens is 632 g/mol. The average molecular weight is 693 g/mol. The highest BCUT2D eigenvalue weighted by Gasteiger charge is 2.42. The van der Waals surface area contributed by atoms with E-state index in [-0.39, 0.29) is 54.0 Å². The van der Waals surface area contributed by atoms with Crippen LogP contribution in [0.4, 0.5) is 5.69 Å². The minimum Gasteiger partial charge on any atom is -0.399 e. The van der Waals surface area contributed by atoms with Crippen molar-refractivity contribution in [2.75, 3.05) is 47.6 Å². The van der Waals surface area contributed by atoms with E-state index in [1.165, 1.54) is 11.9 Å². The molecule has 4 N–H and O–H groups in total. The number of hydrogen-bond donors (Lipinski definition) is 3. The number of carbonyl (C=O) groups is 4. The molecule has 1 fully saturated rings. The molecule has 13 heteroatoms. The second-order valence-corrected chi connectivity index (χ2v) is 14.5. The Hall–Kier alpha value is -2.87. The Morgan fingerprint density at radius 3 is 2.15 bits per heavy atom. The molecule has 1 aliphatic heterocycles. The maximum Gasteiger partial charge on any atom is 0.244 e. The summed E-state index contributed by atoms with van der Waals surface area (Å²) in [6.45, 7) is 12.1. The molecule has 1 saturated heterocycles. The SMILES string of the molecule is CCC(C)C(C(CC(=O)N1CCCC1C(OC)C(C)C(=O)NSc1ccc(N)cc1)OC)N(C)C(=O)C(C)NC(=O)C(C(C)C)N(C)C. The number of benzene rings is 1. The van der Waals surface area contributed by atoms with Crippen LogP contribution in [0.3, 0.4) is 0 Å². The van der Waals surface area contributed by atoms with E-state index in [9.17, 15) is 19.2 Å². The molecule has 0 spiro atoms. The monoisotopic (exact) mass is 692 g/mol. The van der Waals surface area contributed by atoms with Crippen molar-refractivity contribution in [1.29, 1.82) is 0 Å². The van der Waals surface area contributed by atoms with Gasteiger partial charge in [-0.15, -0.1) is 0 Å². The molecule has 0 bridgehead atoms. The van der Waals surface area contributed by atoms with Gasteiger partial charge in [-0.2, -0.15) is 0 Å². The van der Waals surface area contributed by atoms with Crippen LogP contribution in [0.25, 0.3) is 0 Å². The lowest BCUT2D eigenvalue weighted by Crippen LogP contribution is -2.57. The van der Waals surface area contributed by atoms with Gasteiger partial charge in [0.15, 0.2) is 0 Å². The van der Waals surface area contributed by atoms with Crippen LogP contribution in [-0.4, -0.2) is 117 Å². The molecule has 4 amide bonds. The number of methoxy groups -OCH3 is 2. The lowest BCUT2D eigenvalue weighted by atomic mass is 9.90. The maximum absolute atomic E-state index is 14.0. The molecule has 0 radical (unpaired) electrons. The standard InChI is InChI=1S/C35H60N6O6S/c1-12-22(4)31(40(9)35(45)24(6)37-34(44)30(21(2)3)39(7)8)28(46-10)20-29(42)41-19-13-14-27(41)32(47-11)23(5)33(43)38-48-26-17-15-25(36)16-18-26/h15-18,21-24,27-28,30-32H,12-14,19-20,36H2,1-11H3,(H,37,44)(H,38,43). The van der Waals surface area contributed by atoms with Gasteiger partial charge in [0.05, 0.1) is 42.7 Å². The number of anilines is 1. The van der Waals surface area contributed by atoms with Gasteiger partial charge in [0.1, 0.15) is 6.04 Å². The third kappa shape index (κ3) is 10.8. The molecule has 1 aromatic carbocycles. The van der Waals surface area contributed by atoms with E-state index in [1.54, 1.807) is 45.2 Å². The molecule has 8 atom stereocenters. The third-order valence-corrected chi connectivity index (χ3v) is 10.4. The zero-order valence-electron chi connectivity index (χ0n) is 30.8. The highest BCUT2D eigenvalue weighted by molar-refractivity contribution is 7.98. The lowest BCUT2D eigenvalue weighted by Gasteiger charge is -2.40.